The molecule has 0 fully saturated rings. The topological polar surface area (TPSA) is 27.7 Å². The second-order valence-electron chi connectivity index (χ2n) is 4.98. The van der Waals surface area contributed by atoms with Gasteiger partial charge in [-0.2, -0.15) is 0 Å². The molecular weight excluding hydrogens is 308 g/mol. The van der Waals surface area contributed by atoms with Gasteiger partial charge in [-0.15, -0.1) is 11.3 Å². The summed E-state index contributed by atoms with van der Waals surface area (Å²) < 4.78 is 17.4. The summed E-state index contributed by atoms with van der Waals surface area (Å²) >= 11 is 1.77. The molecule has 0 amide bonds. The molecule has 118 valence electrons. The molecule has 1 heterocycles. The van der Waals surface area contributed by atoms with E-state index in [-0.39, 0.29) is 0 Å². The Hall–Kier alpha value is -2.46. The van der Waals surface area contributed by atoms with E-state index in [1.165, 1.54) is 15.0 Å². The summed E-state index contributed by atoms with van der Waals surface area (Å²) in [5.41, 5.74) is 0.997. The highest BCUT2D eigenvalue weighted by atomic mass is 32.1. The van der Waals surface area contributed by atoms with Crippen LogP contribution >= 0.6 is 11.3 Å². The van der Waals surface area contributed by atoms with Crippen molar-refractivity contribution in [3.05, 3.63) is 52.9 Å². The Morgan fingerprint density at radius 1 is 0.826 bits per heavy atom. The normalized spacial score (nSPS) is 11.1. The zero-order chi connectivity index (χ0) is 16.2. The predicted octanol–water partition coefficient (Wildman–Crippen LogP) is 5.10. The Labute approximate surface area is 139 Å². The van der Waals surface area contributed by atoms with Crippen LogP contribution in [0.5, 0.6) is 17.2 Å². The van der Waals surface area contributed by atoms with E-state index in [0.717, 1.165) is 5.56 Å². The number of rotatable bonds is 5. The van der Waals surface area contributed by atoms with E-state index in [2.05, 4.69) is 42.5 Å². The highest BCUT2D eigenvalue weighted by Gasteiger charge is 2.12. The Morgan fingerprint density at radius 3 is 2.13 bits per heavy atom. The van der Waals surface area contributed by atoms with E-state index in [1.54, 1.807) is 32.7 Å². The summed E-state index contributed by atoms with van der Waals surface area (Å²) in [5, 5.41) is 1.27. The van der Waals surface area contributed by atoms with E-state index < -0.39 is 0 Å². The first kappa shape index (κ1) is 15.4. The van der Waals surface area contributed by atoms with Gasteiger partial charge in [-0.05, 0) is 41.3 Å². The minimum absolute atomic E-state index is 0.606. The van der Waals surface area contributed by atoms with Crippen LogP contribution in [0.4, 0.5) is 0 Å². The van der Waals surface area contributed by atoms with Crippen LogP contribution in [0.3, 0.4) is 0 Å². The summed E-state index contributed by atoms with van der Waals surface area (Å²) in [6.45, 7) is 0. The molecule has 0 aliphatic carbocycles. The number of thiophene rings is 1. The first-order valence-electron chi connectivity index (χ1n) is 7.22. The molecule has 0 aliphatic heterocycles. The van der Waals surface area contributed by atoms with Gasteiger partial charge in [-0.3, -0.25) is 0 Å². The number of hydrogen-bond donors (Lipinski definition) is 0. The molecule has 0 unspecified atom stereocenters. The van der Waals surface area contributed by atoms with Gasteiger partial charge in [0.15, 0.2) is 11.5 Å². The van der Waals surface area contributed by atoms with Crippen molar-refractivity contribution < 1.29 is 14.2 Å². The Kier molecular flexibility index (Phi) is 4.53. The number of fused-ring (bicyclic) bond motifs is 1. The lowest BCUT2D eigenvalue weighted by Gasteiger charge is -2.12. The van der Waals surface area contributed by atoms with Crippen LogP contribution in [0.15, 0.2) is 42.5 Å². The van der Waals surface area contributed by atoms with Gasteiger partial charge in [0.1, 0.15) is 0 Å². The van der Waals surface area contributed by atoms with Crippen LogP contribution < -0.4 is 14.2 Å². The maximum absolute atomic E-state index is 5.38. The fourth-order valence-corrected chi connectivity index (χ4v) is 3.43. The van der Waals surface area contributed by atoms with Gasteiger partial charge in [-0.1, -0.05) is 24.3 Å². The molecule has 0 atom stereocenters. The molecule has 3 nitrogen and oxygen atoms in total. The lowest BCUT2D eigenvalue weighted by atomic mass is 10.1. The molecule has 0 spiro atoms. The Bertz CT molecular complexity index is 791. The molecule has 0 saturated heterocycles. The van der Waals surface area contributed by atoms with Crippen LogP contribution in [0.1, 0.15) is 10.4 Å². The monoisotopic (exact) mass is 326 g/mol. The summed E-state index contributed by atoms with van der Waals surface area (Å²) in [4.78, 5) is 1.21. The molecule has 0 radical (unpaired) electrons. The first-order valence-corrected chi connectivity index (χ1v) is 8.03. The molecule has 3 aromatic rings. The van der Waals surface area contributed by atoms with Crippen molar-refractivity contribution in [2.45, 2.75) is 0 Å². The van der Waals surface area contributed by atoms with Crippen LogP contribution in [0.25, 0.3) is 22.2 Å². The fraction of sp³-hybridized carbons (Fsp3) is 0.158. The third-order valence-corrected chi connectivity index (χ3v) is 4.65. The average molecular weight is 326 g/mol. The third-order valence-electron chi connectivity index (χ3n) is 3.57. The van der Waals surface area contributed by atoms with Crippen molar-refractivity contribution in [3.8, 4) is 17.2 Å². The smallest absolute Gasteiger partial charge is 0.203 e. The van der Waals surface area contributed by atoms with E-state index >= 15 is 0 Å². The van der Waals surface area contributed by atoms with Crippen molar-refractivity contribution >= 4 is 33.6 Å². The summed E-state index contributed by atoms with van der Waals surface area (Å²) in [6, 6.07) is 14.4. The van der Waals surface area contributed by atoms with Crippen LogP contribution in [-0.2, 0) is 0 Å². The van der Waals surface area contributed by atoms with Gasteiger partial charge in [0.05, 0.1) is 21.3 Å². The second-order valence-corrected chi connectivity index (χ2v) is 6.09. The summed E-state index contributed by atoms with van der Waals surface area (Å²) in [7, 11) is 4.85. The maximum Gasteiger partial charge on any atom is 0.203 e. The highest BCUT2D eigenvalue weighted by molar-refractivity contribution is 7.19. The zero-order valence-corrected chi connectivity index (χ0v) is 14.1. The van der Waals surface area contributed by atoms with E-state index in [1.807, 2.05) is 12.1 Å². The van der Waals surface area contributed by atoms with Gasteiger partial charge in [0.2, 0.25) is 5.75 Å². The van der Waals surface area contributed by atoms with Crippen molar-refractivity contribution in [1.29, 1.82) is 0 Å². The van der Waals surface area contributed by atoms with Crippen LogP contribution in [-0.4, -0.2) is 21.3 Å². The predicted molar refractivity (Wildman–Crippen MR) is 96.9 cm³/mol. The molecule has 23 heavy (non-hydrogen) atoms. The minimum atomic E-state index is 0.606. The number of hydrogen-bond acceptors (Lipinski definition) is 4. The molecule has 4 heteroatoms. The number of ether oxygens (including phenoxy) is 3. The average Bonchev–Trinajstić information content (AvgIpc) is 3.01. The lowest BCUT2D eigenvalue weighted by molar-refractivity contribution is 0.324. The third kappa shape index (κ3) is 3.17. The highest BCUT2D eigenvalue weighted by Crippen LogP contribution is 2.38. The minimum Gasteiger partial charge on any atom is -0.493 e. The van der Waals surface area contributed by atoms with Gasteiger partial charge in [-0.25, -0.2) is 0 Å². The fourth-order valence-electron chi connectivity index (χ4n) is 2.46. The molecule has 0 aliphatic rings. The summed E-state index contributed by atoms with van der Waals surface area (Å²) in [6.07, 6.45) is 4.15. The van der Waals surface area contributed by atoms with Crippen molar-refractivity contribution in [3.63, 3.8) is 0 Å². The van der Waals surface area contributed by atoms with Gasteiger partial charge in [0.25, 0.3) is 0 Å². The number of benzene rings is 2. The van der Waals surface area contributed by atoms with Gasteiger partial charge in [0, 0.05) is 9.58 Å². The molecule has 2 aromatic carbocycles. The Balaban J connectivity index is 1.95. The van der Waals surface area contributed by atoms with Crippen molar-refractivity contribution in [2.24, 2.45) is 0 Å². The second kappa shape index (κ2) is 6.75. The molecule has 3 rings (SSSR count). The quantitative estimate of drug-likeness (QED) is 0.653. The van der Waals surface area contributed by atoms with E-state index in [4.69, 9.17) is 14.2 Å². The SMILES string of the molecule is COc1cc(/C=C/c2cc3ccccc3s2)cc(OC)c1OC. The first-order chi connectivity index (χ1) is 11.2. The standard InChI is InChI=1S/C19H18O3S/c1-20-16-10-13(11-17(21-2)19(16)22-3)8-9-15-12-14-6-4-5-7-18(14)23-15/h4-12H,1-3H3/b9-8+. The van der Waals surface area contributed by atoms with E-state index in [9.17, 15) is 0 Å². The molecule has 1 aromatic heterocycles. The Morgan fingerprint density at radius 2 is 1.52 bits per heavy atom. The largest absolute Gasteiger partial charge is 0.493 e. The number of methoxy groups -OCH3 is 3. The van der Waals surface area contributed by atoms with Crippen LogP contribution in [0, 0.1) is 0 Å². The molecule has 0 bridgehead atoms. The van der Waals surface area contributed by atoms with Gasteiger partial charge < -0.3 is 14.2 Å². The summed E-state index contributed by atoms with van der Waals surface area (Å²) in [5.74, 6) is 1.92. The molecular formula is C19H18O3S. The molecule has 0 N–H and O–H groups in total. The zero-order valence-electron chi connectivity index (χ0n) is 13.3. The van der Waals surface area contributed by atoms with Crippen molar-refractivity contribution in [2.75, 3.05) is 21.3 Å². The lowest BCUT2D eigenvalue weighted by Crippen LogP contribution is -1.95. The van der Waals surface area contributed by atoms with Crippen molar-refractivity contribution in [1.82, 2.24) is 0 Å². The molecule has 0 saturated carbocycles. The maximum atomic E-state index is 5.38. The van der Waals surface area contributed by atoms with Gasteiger partial charge >= 0.3 is 0 Å². The van der Waals surface area contributed by atoms with E-state index in [0.29, 0.717) is 17.2 Å². The van der Waals surface area contributed by atoms with Crippen LogP contribution in [0.2, 0.25) is 0 Å².